The van der Waals surface area contributed by atoms with Crippen molar-refractivity contribution in [1.82, 2.24) is 5.32 Å². The number of nitrogens with one attached hydrogen (secondary N) is 2. The zero-order valence-corrected chi connectivity index (χ0v) is 14.1. The van der Waals surface area contributed by atoms with Gasteiger partial charge >= 0.3 is 0 Å². The van der Waals surface area contributed by atoms with E-state index in [4.69, 9.17) is 0 Å². The Bertz CT molecular complexity index is 484. The van der Waals surface area contributed by atoms with Crippen molar-refractivity contribution in [2.75, 3.05) is 18.4 Å². The van der Waals surface area contributed by atoms with Crippen LogP contribution in [-0.2, 0) is 4.79 Å². The van der Waals surface area contributed by atoms with E-state index >= 15 is 0 Å². The summed E-state index contributed by atoms with van der Waals surface area (Å²) in [7, 11) is 0. The summed E-state index contributed by atoms with van der Waals surface area (Å²) >= 11 is 3.49. The highest BCUT2D eigenvalue weighted by Gasteiger charge is 2.38. The van der Waals surface area contributed by atoms with Crippen LogP contribution in [0.25, 0.3) is 0 Å². The second kappa shape index (κ2) is 6.27. The van der Waals surface area contributed by atoms with E-state index in [1.165, 1.54) is 0 Å². The lowest BCUT2D eigenvalue weighted by molar-refractivity contribution is -0.126. The van der Waals surface area contributed by atoms with Gasteiger partial charge in [0.05, 0.1) is 5.41 Å². The van der Waals surface area contributed by atoms with E-state index in [-0.39, 0.29) is 11.3 Å². The third kappa shape index (κ3) is 3.07. The first-order chi connectivity index (χ1) is 9.48. The fourth-order valence-corrected chi connectivity index (χ4v) is 3.66. The highest BCUT2D eigenvalue weighted by molar-refractivity contribution is 9.10. The van der Waals surface area contributed by atoms with Crippen molar-refractivity contribution in [3.8, 4) is 0 Å². The number of piperidine rings is 1. The van der Waals surface area contributed by atoms with Crippen LogP contribution in [-0.4, -0.2) is 19.0 Å². The van der Waals surface area contributed by atoms with Gasteiger partial charge in [0.25, 0.3) is 0 Å². The summed E-state index contributed by atoms with van der Waals surface area (Å²) in [5.41, 5.74) is 2.89. The minimum Gasteiger partial charge on any atom is -0.325 e. The fourth-order valence-electron chi connectivity index (χ4n) is 2.98. The van der Waals surface area contributed by atoms with Crippen molar-refractivity contribution >= 4 is 27.5 Å². The van der Waals surface area contributed by atoms with Crippen molar-refractivity contribution in [2.24, 2.45) is 5.41 Å². The summed E-state index contributed by atoms with van der Waals surface area (Å²) < 4.78 is 1.05. The third-order valence-electron chi connectivity index (χ3n) is 4.37. The second-order valence-corrected chi connectivity index (χ2v) is 6.70. The molecule has 1 heterocycles. The lowest BCUT2D eigenvalue weighted by atomic mass is 9.77. The number of carbonyl (C=O) groups is 1. The number of rotatable bonds is 3. The molecular formula is C16H23BrN2O. The molecule has 0 radical (unpaired) electrons. The van der Waals surface area contributed by atoms with E-state index in [0.717, 1.165) is 53.6 Å². The highest BCUT2D eigenvalue weighted by Crippen LogP contribution is 2.33. The molecule has 0 spiro atoms. The normalized spacial score (nSPS) is 22.6. The Morgan fingerprint density at radius 3 is 2.55 bits per heavy atom. The van der Waals surface area contributed by atoms with Gasteiger partial charge in [-0.1, -0.05) is 22.9 Å². The molecule has 2 N–H and O–H groups in total. The average molecular weight is 339 g/mol. The maximum absolute atomic E-state index is 12.7. The quantitative estimate of drug-likeness (QED) is 0.880. The van der Waals surface area contributed by atoms with Gasteiger partial charge in [0.2, 0.25) is 5.91 Å². The van der Waals surface area contributed by atoms with E-state index in [2.05, 4.69) is 33.5 Å². The standard InChI is InChI=1S/C16H23BrN2O/c1-4-16(6-5-7-18-10-16)15(20)19-14-11(2)8-13(17)9-12(14)3/h8-9,18H,4-7,10H2,1-3H3,(H,19,20). The van der Waals surface area contributed by atoms with Gasteiger partial charge in [-0.15, -0.1) is 0 Å². The Kier molecular flexibility index (Phi) is 4.86. The van der Waals surface area contributed by atoms with Crippen LogP contribution in [0.4, 0.5) is 5.69 Å². The van der Waals surface area contributed by atoms with Gasteiger partial charge in [-0.05, 0) is 62.9 Å². The summed E-state index contributed by atoms with van der Waals surface area (Å²) in [5.74, 6) is 0.153. The van der Waals surface area contributed by atoms with Crippen LogP contribution in [0.1, 0.15) is 37.3 Å². The first-order valence-electron chi connectivity index (χ1n) is 7.27. The second-order valence-electron chi connectivity index (χ2n) is 5.78. The summed E-state index contributed by atoms with van der Waals surface area (Å²) in [6.07, 6.45) is 2.91. The van der Waals surface area contributed by atoms with Crippen LogP contribution >= 0.6 is 15.9 Å². The molecule has 1 atom stereocenters. The maximum Gasteiger partial charge on any atom is 0.231 e. The first kappa shape index (κ1) is 15.5. The van der Waals surface area contributed by atoms with Crippen molar-refractivity contribution < 1.29 is 4.79 Å². The monoisotopic (exact) mass is 338 g/mol. The highest BCUT2D eigenvalue weighted by atomic mass is 79.9. The topological polar surface area (TPSA) is 41.1 Å². The molecule has 3 nitrogen and oxygen atoms in total. The number of anilines is 1. The van der Waals surface area contributed by atoms with Crippen molar-refractivity contribution in [3.05, 3.63) is 27.7 Å². The largest absolute Gasteiger partial charge is 0.325 e. The summed E-state index contributed by atoms with van der Waals surface area (Å²) in [6, 6.07) is 4.08. The van der Waals surface area contributed by atoms with E-state index in [1.807, 2.05) is 26.0 Å². The number of carbonyl (C=O) groups excluding carboxylic acids is 1. The van der Waals surface area contributed by atoms with Gasteiger partial charge < -0.3 is 10.6 Å². The molecule has 110 valence electrons. The molecule has 1 aromatic rings. The lowest BCUT2D eigenvalue weighted by Gasteiger charge is -2.35. The zero-order chi connectivity index (χ0) is 14.8. The Morgan fingerprint density at radius 2 is 2.05 bits per heavy atom. The van der Waals surface area contributed by atoms with Crippen LogP contribution in [0, 0.1) is 19.3 Å². The Balaban J connectivity index is 2.23. The minimum atomic E-state index is -0.260. The van der Waals surface area contributed by atoms with Gasteiger partial charge in [0.1, 0.15) is 0 Å². The van der Waals surface area contributed by atoms with Crippen LogP contribution in [0.5, 0.6) is 0 Å². The SMILES string of the molecule is CCC1(C(=O)Nc2c(C)cc(Br)cc2C)CCCNC1. The molecule has 0 aliphatic carbocycles. The van der Waals surface area contributed by atoms with Crippen LogP contribution < -0.4 is 10.6 Å². The average Bonchev–Trinajstić information content (AvgIpc) is 2.43. The molecule has 1 unspecified atom stereocenters. The minimum absolute atomic E-state index is 0.153. The Labute approximate surface area is 129 Å². The van der Waals surface area contributed by atoms with Gasteiger partial charge in [-0.25, -0.2) is 0 Å². The molecule has 20 heavy (non-hydrogen) atoms. The smallest absolute Gasteiger partial charge is 0.231 e. The molecule has 4 heteroatoms. The number of benzene rings is 1. The number of hydrogen-bond donors (Lipinski definition) is 2. The number of amides is 1. The van der Waals surface area contributed by atoms with E-state index in [0.29, 0.717) is 0 Å². The lowest BCUT2D eigenvalue weighted by Crippen LogP contribution is -2.47. The molecule has 0 saturated carbocycles. The predicted octanol–water partition coefficient (Wildman–Crippen LogP) is 3.78. The van der Waals surface area contributed by atoms with E-state index in [1.54, 1.807) is 0 Å². The van der Waals surface area contributed by atoms with E-state index < -0.39 is 0 Å². The van der Waals surface area contributed by atoms with E-state index in [9.17, 15) is 4.79 Å². The molecule has 1 aliphatic rings. The molecular weight excluding hydrogens is 316 g/mol. The molecule has 0 aromatic heterocycles. The number of hydrogen-bond acceptors (Lipinski definition) is 2. The van der Waals surface area contributed by atoms with Crippen LogP contribution in [0.2, 0.25) is 0 Å². The maximum atomic E-state index is 12.7. The molecule has 0 bridgehead atoms. The molecule has 2 rings (SSSR count). The molecule has 1 aliphatic heterocycles. The van der Waals surface area contributed by atoms with Crippen LogP contribution in [0.3, 0.4) is 0 Å². The van der Waals surface area contributed by atoms with Crippen molar-refractivity contribution in [3.63, 3.8) is 0 Å². The molecule has 1 aromatic carbocycles. The van der Waals surface area contributed by atoms with Gasteiger partial charge in [-0.3, -0.25) is 4.79 Å². The first-order valence-corrected chi connectivity index (χ1v) is 8.07. The fraction of sp³-hybridized carbons (Fsp3) is 0.562. The molecule has 1 fully saturated rings. The van der Waals surface area contributed by atoms with Gasteiger partial charge in [0.15, 0.2) is 0 Å². The molecule has 1 amide bonds. The number of halogens is 1. The van der Waals surface area contributed by atoms with Gasteiger partial charge in [0, 0.05) is 16.7 Å². The van der Waals surface area contributed by atoms with Crippen molar-refractivity contribution in [1.29, 1.82) is 0 Å². The summed E-state index contributed by atoms with van der Waals surface area (Å²) in [5, 5.41) is 6.53. The predicted molar refractivity (Wildman–Crippen MR) is 87.1 cm³/mol. The molecule has 1 saturated heterocycles. The number of aryl methyl sites for hydroxylation is 2. The summed E-state index contributed by atoms with van der Waals surface area (Å²) in [4.78, 5) is 12.7. The Morgan fingerprint density at radius 1 is 1.40 bits per heavy atom. The van der Waals surface area contributed by atoms with Gasteiger partial charge in [-0.2, -0.15) is 0 Å². The zero-order valence-electron chi connectivity index (χ0n) is 12.5. The summed E-state index contributed by atoms with van der Waals surface area (Å²) in [6.45, 7) is 7.97. The third-order valence-corrected chi connectivity index (χ3v) is 4.82. The Hall–Kier alpha value is -0.870. The van der Waals surface area contributed by atoms with Crippen molar-refractivity contribution in [2.45, 2.75) is 40.0 Å². The van der Waals surface area contributed by atoms with Crippen LogP contribution in [0.15, 0.2) is 16.6 Å².